The van der Waals surface area contributed by atoms with E-state index >= 15 is 0 Å². The second-order valence-corrected chi connectivity index (χ2v) is 6.44. The predicted molar refractivity (Wildman–Crippen MR) is 83.2 cm³/mol. The second kappa shape index (κ2) is 5.36. The van der Waals surface area contributed by atoms with E-state index < -0.39 is 28.3 Å². The molecule has 0 amide bonds. The molecule has 0 saturated carbocycles. The highest BCUT2D eigenvalue weighted by Gasteiger charge is 2.37. The number of hydrogen-bond acceptors (Lipinski definition) is 4. The van der Waals surface area contributed by atoms with Gasteiger partial charge < -0.3 is 5.11 Å². The second-order valence-electron chi connectivity index (χ2n) is 6.44. The summed E-state index contributed by atoms with van der Waals surface area (Å²) in [6.45, 7) is 3.55. The van der Waals surface area contributed by atoms with Crippen LogP contribution in [0.1, 0.15) is 46.7 Å². The lowest BCUT2D eigenvalue weighted by molar-refractivity contribution is 0.0694. The zero-order valence-electron chi connectivity index (χ0n) is 13.2. The number of ketones is 1. The molecule has 1 aliphatic carbocycles. The molecule has 0 atom stereocenters. The van der Waals surface area contributed by atoms with Crippen LogP contribution in [0.2, 0.25) is 0 Å². The van der Waals surface area contributed by atoms with E-state index in [-0.39, 0.29) is 17.0 Å². The highest BCUT2D eigenvalue weighted by molar-refractivity contribution is 6.03. The summed E-state index contributed by atoms with van der Waals surface area (Å²) in [6.07, 6.45) is 3.16. The van der Waals surface area contributed by atoms with Gasteiger partial charge in [0.25, 0.3) is 5.56 Å². The van der Waals surface area contributed by atoms with Crippen molar-refractivity contribution in [3.63, 3.8) is 0 Å². The van der Waals surface area contributed by atoms with E-state index in [0.29, 0.717) is 18.5 Å². The molecule has 0 bridgehead atoms. The minimum Gasteiger partial charge on any atom is -0.477 e. The number of aromatic carboxylic acids is 1. The summed E-state index contributed by atoms with van der Waals surface area (Å²) in [5, 5.41) is 9.30. The maximum Gasteiger partial charge on any atom is 0.341 e. The van der Waals surface area contributed by atoms with Crippen molar-refractivity contribution in [1.82, 2.24) is 9.55 Å². The molecule has 124 valence electrons. The molecular weight excluding hydrogens is 315 g/mol. The van der Waals surface area contributed by atoms with E-state index in [1.54, 1.807) is 13.8 Å². The van der Waals surface area contributed by atoms with Crippen LogP contribution in [0.25, 0.3) is 5.69 Å². The Morgan fingerprint density at radius 2 is 2.00 bits per heavy atom. The van der Waals surface area contributed by atoms with E-state index in [1.165, 1.54) is 6.20 Å². The average molecular weight is 330 g/mol. The third-order valence-electron chi connectivity index (χ3n) is 4.33. The Morgan fingerprint density at radius 1 is 1.29 bits per heavy atom. The van der Waals surface area contributed by atoms with Gasteiger partial charge in [-0.05, 0) is 18.9 Å². The van der Waals surface area contributed by atoms with Gasteiger partial charge in [-0.2, -0.15) is 0 Å². The van der Waals surface area contributed by atoms with E-state index in [4.69, 9.17) is 0 Å². The largest absolute Gasteiger partial charge is 0.477 e. The smallest absolute Gasteiger partial charge is 0.341 e. The van der Waals surface area contributed by atoms with Gasteiger partial charge in [-0.25, -0.2) is 9.18 Å². The van der Waals surface area contributed by atoms with Crippen molar-refractivity contribution in [2.24, 2.45) is 5.41 Å². The summed E-state index contributed by atoms with van der Waals surface area (Å²) < 4.78 is 14.6. The van der Waals surface area contributed by atoms with Gasteiger partial charge in [0.1, 0.15) is 11.4 Å². The number of carbonyl (C=O) groups is 2. The van der Waals surface area contributed by atoms with Crippen LogP contribution in [0, 0.1) is 11.2 Å². The Kier molecular flexibility index (Phi) is 3.59. The van der Waals surface area contributed by atoms with Crippen molar-refractivity contribution in [1.29, 1.82) is 0 Å². The lowest BCUT2D eigenvalue weighted by Crippen LogP contribution is -2.37. The zero-order chi connectivity index (χ0) is 17.6. The van der Waals surface area contributed by atoms with Crippen molar-refractivity contribution in [2.75, 3.05) is 0 Å². The van der Waals surface area contributed by atoms with Crippen LogP contribution >= 0.6 is 0 Å². The minimum atomic E-state index is -1.43. The maximum absolute atomic E-state index is 13.5. The number of carboxylic acids is 1. The Balaban J connectivity index is 2.39. The number of fused-ring (bicyclic) bond motifs is 1. The van der Waals surface area contributed by atoms with Gasteiger partial charge >= 0.3 is 5.97 Å². The van der Waals surface area contributed by atoms with Crippen molar-refractivity contribution in [2.45, 2.75) is 26.7 Å². The Bertz CT molecular complexity index is 931. The number of Topliss-reactive ketones (excluding diaryl/α,β-unsaturated/α-hetero) is 1. The van der Waals surface area contributed by atoms with Crippen molar-refractivity contribution >= 4 is 11.8 Å². The van der Waals surface area contributed by atoms with Crippen LogP contribution in [-0.2, 0) is 6.42 Å². The minimum absolute atomic E-state index is 0.104. The molecule has 0 fully saturated rings. The monoisotopic (exact) mass is 330 g/mol. The van der Waals surface area contributed by atoms with Gasteiger partial charge in [0, 0.05) is 22.7 Å². The predicted octanol–water partition coefficient (Wildman–Crippen LogP) is 2.22. The number of carboxylic acid groups (broad SMARTS) is 1. The van der Waals surface area contributed by atoms with Crippen LogP contribution in [0.4, 0.5) is 4.39 Å². The summed E-state index contributed by atoms with van der Waals surface area (Å²) in [5.74, 6) is -2.32. The number of hydrogen-bond donors (Lipinski definition) is 1. The number of rotatable bonds is 2. The quantitative estimate of drug-likeness (QED) is 0.912. The molecular formula is C17H15FN2O4. The van der Waals surface area contributed by atoms with E-state index in [0.717, 1.165) is 22.9 Å². The van der Waals surface area contributed by atoms with E-state index in [2.05, 4.69) is 4.98 Å². The fourth-order valence-corrected chi connectivity index (χ4v) is 2.95. The van der Waals surface area contributed by atoms with Gasteiger partial charge in [-0.3, -0.25) is 19.1 Å². The molecule has 0 radical (unpaired) electrons. The van der Waals surface area contributed by atoms with E-state index in [9.17, 15) is 23.9 Å². The van der Waals surface area contributed by atoms with Gasteiger partial charge in [-0.15, -0.1) is 0 Å². The summed E-state index contributed by atoms with van der Waals surface area (Å²) in [5.41, 5.74) is -1.29. The Labute approximate surface area is 136 Å². The average Bonchev–Trinajstić information content (AvgIpc) is 2.50. The molecule has 2 aromatic rings. The van der Waals surface area contributed by atoms with Gasteiger partial charge in [0.15, 0.2) is 5.78 Å². The standard InChI is InChI=1S/C17H15FN2O4/c1-17(2)4-3-13-11(14(17)21)6-12(16(23)24)15(22)20(13)10-5-9(18)7-19-8-10/h5-8H,3-4H2,1-2H3,(H,23,24). The van der Waals surface area contributed by atoms with Crippen molar-refractivity contribution in [3.05, 3.63) is 57.5 Å². The highest BCUT2D eigenvalue weighted by atomic mass is 19.1. The zero-order valence-corrected chi connectivity index (χ0v) is 13.2. The first-order valence-electron chi connectivity index (χ1n) is 7.40. The summed E-state index contributed by atoms with van der Waals surface area (Å²) in [4.78, 5) is 40.4. The molecule has 0 aliphatic heterocycles. The molecule has 3 rings (SSSR count). The van der Waals surface area contributed by atoms with Crippen LogP contribution in [0.3, 0.4) is 0 Å². The van der Waals surface area contributed by atoms with E-state index in [1.807, 2.05) is 0 Å². The first-order valence-corrected chi connectivity index (χ1v) is 7.40. The van der Waals surface area contributed by atoms with Gasteiger partial charge in [0.05, 0.1) is 18.1 Å². The molecule has 7 heteroatoms. The van der Waals surface area contributed by atoms with Crippen LogP contribution < -0.4 is 5.56 Å². The number of halogens is 1. The highest BCUT2D eigenvalue weighted by Crippen LogP contribution is 2.35. The first-order chi connectivity index (χ1) is 11.2. The number of pyridine rings is 2. The number of carbonyl (C=O) groups excluding carboxylic acids is 1. The lowest BCUT2D eigenvalue weighted by atomic mass is 9.74. The molecule has 1 aliphatic rings. The Morgan fingerprint density at radius 3 is 2.62 bits per heavy atom. The van der Waals surface area contributed by atoms with Crippen molar-refractivity contribution in [3.8, 4) is 5.69 Å². The normalized spacial score (nSPS) is 15.9. The third kappa shape index (κ3) is 2.42. The molecule has 0 unspecified atom stereocenters. The number of aromatic nitrogens is 2. The van der Waals surface area contributed by atoms with Crippen LogP contribution in [-0.4, -0.2) is 26.4 Å². The Hall–Kier alpha value is -2.83. The van der Waals surface area contributed by atoms with Gasteiger partial charge in [0.2, 0.25) is 0 Å². The van der Waals surface area contributed by atoms with Crippen LogP contribution in [0.15, 0.2) is 29.3 Å². The molecule has 0 aromatic carbocycles. The SMILES string of the molecule is CC1(C)CCc2c(cc(C(=O)O)c(=O)n2-c2cncc(F)c2)C1=O. The third-order valence-corrected chi connectivity index (χ3v) is 4.33. The fourth-order valence-electron chi connectivity index (χ4n) is 2.95. The molecule has 1 N–H and O–H groups in total. The van der Waals surface area contributed by atoms with Crippen molar-refractivity contribution < 1.29 is 19.1 Å². The summed E-state index contributed by atoms with van der Waals surface area (Å²) >= 11 is 0. The summed E-state index contributed by atoms with van der Waals surface area (Å²) in [6, 6.07) is 2.22. The first kappa shape index (κ1) is 16.0. The fraction of sp³-hybridized carbons (Fsp3) is 0.294. The lowest BCUT2D eigenvalue weighted by Gasteiger charge is -2.31. The van der Waals surface area contributed by atoms with Gasteiger partial charge in [-0.1, -0.05) is 13.8 Å². The molecule has 24 heavy (non-hydrogen) atoms. The molecule has 0 spiro atoms. The maximum atomic E-state index is 13.5. The number of nitrogens with zero attached hydrogens (tertiary/aromatic N) is 2. The molecule has 2 heterocycles. The molecule has 2 aromatic heterocycles. The molecule has 0 saturated heterocycles. The molecule has 6 nitrogen and oxygen atoms in total. The topological polar surface area (TPSA) is 89.3 Å². The summed E-state index contributed by atoms with van der Waals surface area (Å²) in [7, 11) is 0. The van der Waals surface area contributed by atoms with Crippen LogP contribution in [0.5, 0.6) is 0 Å².